The van der Waals surface area contributed by atoms with Gasteiger partial charge in [0.25, 0.3) is 0 Å². The van der Waals surface area contributed by atoms with Gasteiger partial charge in [0.2, 0.25) is 0 Å². The summed E-state index contributed by atoms with van der Waals surface area (Å²) in [6, 6.07) is 7.30. The van der Waals surface area contributed by atoms with Crippen molar-refractivity contribution in [2.75, 3.05) is 6.54 Å². The van der Waals surface area contributed by atoms with E-state index in [1.54, 1.807) is 12.1 Å². The van der Waals surface area contributed by atoms with Crippen molar-refractivity contribution >= 4 is 18.4 Å². The molecule has 0 heterocycles. The minimum absolute atomic E-state index is 0. The maximum absolute atomic E-state index is 10.9. The van der Waals surface area contributed by atoms with Gasteiger partial charge in [-0.3, -0.25) is 0 Å². The molecule has 0 saturated carbocycles. The maximum atomic E-state index is 10.9. The largest absolute Gasteiger partial charge is 0.478 e. The van der Waals surface area contributed by atoms with Gasteiger partial charge in [0, 0.05) is 0 Å². The van der Waals surface area contributed by atoms with E-state index < -0.39 is 11.6 Å². The number of ether oxygens (including phenoxy) is 1. The average Bonchev–Trinajstić information content (AvgIpc) is 2.21. The summed E-state index contributed by atoms with van der Waals surface area (Å²) >= 11 is 0. The van der Waals surface area contributed by atoms with Crippen molar-refractivity contribution in [2.45, 2.75) is 25.9 Å². The van der Waals surface area contributed by atoms with Crippen molar-refractivity contribution in [2.24, 2.45) is 5.73 Å². The molecule has 0 aliphatic heterocycles. The van der Waals surface area contributed by atoms with Crippen LogP contribution in [0.4, 0.5) is 0 Å². The van der Waals surface area contributed by atoms with Crippen LogP contribution < -0.4 is 10.5 Å². The number of hydrogen-bond acceptors (Lipinski definition) is 3. The number of nitrogens with two attached hydrogens (primary N) is 1. The van der Waals surface area contributed by atoms with Gasteiger partial charge < -0.3 is 15.6 Å². The summed E-state index contributed by atoms with van der Waals surface area (Å²) in [6.07, 6.45) is 0.808. The lowest BCUT2D eigenvalue weighted by atomic mass is 10.1. The van der Waals surface area contributed by atoms with E-state index in [1.807, 2.05) is 12.1 Å². The Hall–Kier alpha value is -1.26. The molecular formula is C12H18ClNO3. The zero-order valence-corrected chi connectivity index (χ0v) is 10.8. The predicted octanol–water partition coefficient (Wildman–Crippen LogP) is 1.85. The Bertz CT molecular complexity index is 363. The Morgan fingerprint density at radius 3 is 2.29 bits per heavy atom. The van der Waals surface area contributed by atoms with Crippen LogP contribution in [-0.2, 0) is 11.2 Å². The third-order valence-electron chi connectivity index (χ3n) is 2.24. The fraction of sp³-hybridized carbons (Fsp3) is 0.417. The second-order valence-electron chi connectivity index (χ2n) is 4.10. The number of aliphatic carboxylic acids is 1. The van der Waals surface area contributed by atoms with Crippen molar-refractivity contribution in [1.29, 1.82) is 0 Å². The summed E-state index contributed by atoms with van der Waals surface area (Å²) in [5, 5.41) is 8.90. The minimum atomic E-state index is -1.21. The summed E-state index contributed by atoms with van der Waals surface area (Å²) in [6.45, 7) is 3.63. The Labute approximate surface area is 107 Å². The van der Waals surface area contributed by atoms with Gasteiger partial charge in [-0.15, -0.1) is 12.4 Å². The van der Waals surface area contributed by atoms with Gasteiger partial charge in [0.05, 0.1) is 0 Å². The van der Waals surface area contributed by atoms with Gasteiger partial charge in [-0.05, 0) is 44.5 Å². The Balaban J connectivity index is 0.00000256. The van der Waals surface area contributed by atoms with Crippen LogP contribution in [0.2, 0.25) is 0 Å². The van der Waals surface area contributed by atoms with Gasteiger partial charge in [0.15, 0.2) is 5.60 Å². The highest BCUT2D eigenvalue weighted by Gasteiger charge is 2.29. The lowest BCUT2D eigenvalue weighted by molar-refractivity contribution is -0.152. The summed E-state index contributed by atoms with van der Waals surface area (Å²) in [4.78, 5) is 10.9. The molecule has 0 aromatic heterocycles. The van der Waals surface area contributed by atoms with E-state index >= 15 is 0 Å². The number of rotatable bonds is 5. The second kappa shape index (κ2) is 6.47. The van der Waals surface area contributed by atoms with Crippen LogP contribution in [-0.4, -0.2) is 23.2 Å². The summed E-state index contributed by atoms with van der Waals surface area (Å²) in [7, 11) is 0. The first-order chi connectivity index (χ1) is 7.45. The minimum Gasteiger partial charge on any atom is -0.478 e. The normalized spacial score (nSPS) is 10.5. The SMILES string of the molecule is CC(C)(Oc1ccc(CCN)cc1)C(=O)O.Cl. The van der Waals surface area contributed by atoms with Crippen molar-refractivity contribution in [1.82, 2.24) is 0 Å². The molecule has 0 bridgehead atoms. The topological polar surface area (TPSA) is 72.5 Å². The van der Waals surface area contributed by atoms with E-state index in [1.165, 1.54) is 13.8 Å². The van der Waals surface area contributed by atoms with Crippen molar-refractivity contribution < 1.29 is 14.6 Å². The quantitative estimate of drug-likeness (QED) is 0.847. The van der Waals surface area contributed by atoms with Crippen LogP contribution in [0.1, 0.15) is 19.4 Å². The molecule has 0 atom stereocenters. The van der Waals surface area contributed by atoms with Crippen molar-refractivity contribution in [3.05, 3.63) is 29.8 Å². The maximum Gasteiger partial charge on any atom is 0.347 e. The van der Waals surface area contributed by atoms with Gasteiger partial charge in [0.1, 0.15) is 5.75 Å². The molecule has 1 aromatic rings. The molecule has 1 rings (SSSR count). The summed E-state index contributed by atoms with van der Waals surface area (Å²) in [5.41, 5.74) is 5.33. The van der Waals surface area contributed by atoms with E-state index in [-0.39, 0.29) is 12.4 Å². The zero-order valence-electron chi connectivity index (χ0n) is 9.97. The molecule has 0 spiro atoms. The van der Waals surface area contributed by atoms with Crippen LogP contribution in [0.15, 0.2) is 24.3 Å². The first-order valence-corrected chi connectivity index (χ1v) is 5.17. The smallest absolute Gasteiger partial charge is 0.347 e. The highest BCUT2D eigenvalue weighted by Crippen LogP contribution is 2.19. The van der Waals surface area contributed by atoms with E-state index in [0.717, 1.165) is 12.0 Å². The highest BCUT2D eigenvalue weighted by molar-refractivity contribution is 5.85. The Kier molecular flexibility index (Phi) is 5.99. The van der Waals surface area contributed by atoms with E-state index in [0.29, 0.717) is 12.3 Å². The standard InChI is InChI=1S/C12H17NO3.ClH/c1-12(2,11(14)15)16-10-5-3-9(4-6-10)7-8-13;/h3-6H,7-8,13H2,1-2H3,(H,14,15);1H. The molecule has 0 radical (unpaired) electrons. The van der Waals surface area contributed by atoms with E-state index in [9.17, 15) is 4.79 Å². The molecule has 0 aliphatic rings. The van der Waals surface area contributed by atoms with Crippen LogP contribution in [0, 0.1) is 0 Å². The van der Waals surface area contributed by atoms with Crippen molar-refractivity contribution in [3.8, 4) is 5.75 Å². The number of benzene rings is 1. The molecule has 17 heavy (non-hydrogen) atoms. The van der Waals surface area contributed by atoms with E-state index in [4.69, 9.17) is 15.6 Å². The number of carbonyl (C=O) groups is 1. The molecule has 0 fully saturated rings. The van der Waals surface area contributed by atoms with Crippen LogP contribution in [0.3, 0.4) is 0 Å². The highest BCUT2D eigenvalue weighted by atomic mass is 35.5. The molecule has 0 aliphatic carbocycles. The molecule has 96 valence electrons. The van der Waals surface area contributed by atoms with Gasteiger partial charge in [-0.25, -0.2) is 4.79 Å². The number of halogens is 1. The molecule has 5 heteroatoms. The molecule has 3 N–H and O–H groups in total. The first kappa shape index (κ1) is 15.7. The molecular weight excluding hydrogens is 242 g/mol. The van der Waals surface area contributed by atoms with Crippen LogP contribution >= 0.6 is 12.4 Å². The number of hydrogen-bond donors (Lipinski definition) is 2. The number of carboxylic acid groups (broad SMARTS) is 1. The fourth-order valence-corrected chi connectivity index (χ4v) is 1.23. The average molecular weight is 260 g/mol. The van der Waals surface area contributed by atoms with Gasteiger partial charge in [-0.1, -0.05) is 12.1 Å². The molecule has 4 nitrogen and oxygen atoms in total. The molecule has 1 aromatic carbocycles. The van der Waals surface area contributed by atoms with Gasteiger partial charge >= 0.3 is 5.97 Å². The monoisotopic (exact) mass is 259 g/mol. The second-order valence-corrected chi connectivity index (χ2v) is 4.10. The molecule has 0 unspecified atom stereocenters. The zero-order chi connectivity index (χ0) is 12.2. The lowest BCUT2D eigenvalue weighted by Crippen LogP contribution is -2.37. The van der Waals surface area contributed by atoms with E-state index in [2.05, 4.69) is 0 Å². The fourth-order valence-electron chi connectivity index (χ4n) is 1.23. The predicted molar refractivity (Wildman–Crippen MR) is 68.8 cm³/mol. The van der Waals surface area contributed by atoms with Gasteiger partial charge in [-0.2, -0.15) is 0 Å². The van der Waals surface area contributed by atoms with Crippen LogP contribution in [0.25, 0.3) is 0 Å². The number of carboxylic acids is 1. The lowest BCUT2D eigenvalue weighted by Gasteiger charge is -2.21. The van der Waals surface area contributed by atoms with Crippen molar-refractivity contribution in [3.63, 3.8) is 0 Å². The molecule has 0 saturated heterocycles. The third kappa shape index (κ3) is 4.63. The summed E-state index contributed by atoms with van der Waals surface area (Å²) in [5.74, 6) is -0.438. The van der Waals surface area contributed by atoms with Crippen LogP contribution in [0.5, 0.6) is 5.75 Å². The summed E-state index contributed by atoms with van der Waals surface area (Å²) < 4.78 is 5.37. The molecule has 0 amide bonds. The third-order valence-corrected chi connectivity index (χ3v) is 2.24. The first-order valence-electron chi connectivity index (χ1n) is 5.17. The Morgan fingerprint density at radius 2 is 1.88 bits per heavy atom. The Morgan fingerprint density at radius 1 is 1.35 bits per heavy atom.